The largest absolute Gasteiger partial charge is 0.355 e. The van der Waals surface area contributed by atoms with Gasteiger partial charge in [0.2, 0.25) is 5.91 Å². The van der Waals surface area contributed by atoms with Crippen LogP contribution in [-0.4, -0.2) is 42.9 Å². The van der Waals surface area contributed by atoms with Crippen LogP contribution in [0.15, 0.2) is 54.6 Å². The third-order valence-electron chi connectivity index (χ3n) is 5.74. The normalized spacial score (nSPS) is 23.6. The van der Waals surface area contributed by atoms with Crippen molar-refractivity contribution in [1.29, 1.82) is 0 Å². The van der Waals surface area contributed by atoms with Gasteiger partial charge < -0.3 is 15.5 Å². The van der Waals surface area contributed by atoms with Crippen LogP contribution < -0.4 is 10.6 Å². The number of rotatable bonds is 1. The van der Waals surface area contributed by atoms with E-state index in [2.05, 4.69) is 22.8 Å². The number of carbonyl (C=O) groups excluding carboxylic acids is 2. The number of nitrogens with one attached hydrogen (secondary N) is 2. The Labute approximate surface area is 166 Å². The van der Waals surface area contributed by atoms with Gasteiger partial charge in [0.25, 0.3) is 5.91 Å². The van der Waals surface area contributed by atoms with Gasteiger partial charge in [-0.3, -0.25) is 9.59 Å². The van der Waals surface area contributed by atoms with E-state index in [4.69, 9.17) is 0 Å². The molecule has 0 radical (unpaired) electrons. The summed E-state index contributed by atoms with van der Waals surface area (Å²) in [5.41, 5.74) is 2.97. The van der Waals surface area contributed by atoms with Gasteiger partial charge in [-0.05, 0) is 36.6 Å². The third kappa shape index (κ3) is 4.09. The average Bonchev–Trinajstić information content (AvgIpc) is 2.75. The van der Waals surface area contributed by atoms with Crippen LogP contribution in [0.1, 0.15) is 52.7 Å². The zero-order valence-electron chi connectivity index (χ0n) is 16.1. The summed E-state index contributed by atoms with van der Waals surface area (Å²) < 4.78 is 0. The maximum atomic E-state index is 12.8. The molecule has 2 aromatic carbocycles. The number of amides is 2. The number of benzene rings is 2. The van der Waals surface area contributed by atoms with Gasteiger partial charge in [0.1, 0.15) is 0 Å². The van der Waals surface area contributed by atoms with Crippen LogP contribution in [0.4, 0.5) is 0 Å². The topological polar surface area (TPSA) is 61.4 Å². The second-order valence-electron chi connectivity index (χ2n) is 7.67. The monoisotopic (exact) mass is 377 g/mol. The third-order valence-corrected chi connectivity index (χ3v) is 5.74. The predicted octanol–water partition coefficient (Wildman–Crippen LogP) is 2.86. The van der Waals surface area contributed by atoms with Crippen LogP contribution in [-0.2, 0) is 4.79 Å². The van der Waals surface area contributed by atoms with Crippen LogP contribution in [0.3, 0.4) is 0 Å². The molecule has 2 bridgehead atoms. The second-order valence-corrected chi connectivity index (χ2v) is 7.67. The molecule has 2 aromatic rings. The molecular formula is C23H27N3O2. The van der Waals surface area contributed by atoms with E-state index in [1.807, 2.05) is 47.4 Å². The lowest BCUT2D eigenvalue weighted by Gasteiger charge is -2.34. The van der Waals surface area contributed by atoms with Crippen molar-refractivity contribution in [2.45, 2.75) is 31.2 Å². The van der Waals surface area contributed by atoms with Crippen LogP contribution >= 0.6 is 0 Å². The summed E-state index contributed by atoms with van der Waals surface area (Å²) in [6.07, 6.45) is 2.35. The molecule has 2 aliphatic heterocycles. The molecule has 5 heteroatoms. The first kappa shape index (κ1) is 18.7. The Hall–Kier alpha value is -2.66. The van der Waals surface area contributed by atoms with E-state index in [0.29, 0.717) is 19.5 Å². The van der Waals surface area contributed by atoms with E-state index in [0.717, 1.165) is 42.6 Å². The Morgan fingerprint density at radius 2 is 1.71 bits per heavy atom. The quantitative estimate of drug-likeness (QED) is 0.803. The standard InChI is InChI=1S/C23H27N3O2/c27-22-14-21(17-8-2-1-3-9-17)24-12-6-7-13-26-16-18(15-25-22)19-10-4-5-11-20(19)23(26)28/h1-5,8-11,18,21,24H,6-7,12-16H2,(H,25,27). The highest BCUT2D eigenvalue weighted by atomic mass is 16.2. The summed E-state index contributed by atoms with van der Waals surface area (Å²) in [4.78, 5) is 27.5. The van der Waals surface area contributed by atoms with Crippen molar-refractivity contribution in [3.8, 4) is 0 Å². The molecule has 0 spiro atoms. The molecule has 1 saturated heterocycles. The lowest BCUT2D eigenvalue weighted by molar-refractivity contribution is -0.121. The molecule has 2 aliphatic rings. The molecule has 0 aromatic heterocycles. The predicted molar refractivity (Wildman–Crippen MR) is 109 cm³/mol. The van der Waals surface area contributed by atoms with Crippen LogP contribution in [0.25, 0.3) is 0 Å². The molecule has 2 atom stereocenters. The minimum Gasteiger partial charge on any atom is -0.355 e. The molecule has 2 unspecified atom stereocenters. The van der Waals surface area contributed by atoms with Crippen molar-refractivity contribution in [2.75, 3.05) is 26.2 Å². The summed E-state index contributed by atoms with van der Waals surface area (Å²) in [5, 5.41) is 6.64. The summed E-state index contributed by atoms with van der Waals surface area (Å²) >= 11 is 0. The molecule has 2 amide bonds. The zero-order chi connectivity index (χ0) is 19.3. The fourth-order valence-corrected chi connectivity index (χ4v) is 4.22. The summed E-state index contributed by atoms with van der Waals surface area (Å²) in [7, 11) is 0. The van der Waals surface area contributed by atoms with E-state index in [9.17, 15) is 9.59 Å². The highest BCUT2D eigenvalue weighted by Crippen LogP contribution is 2.28. The minimum atomic E-state index is 0.00977. The first-order chi connectivity index (χ1) is 13.7. The van der Waals surface area contributed by atoms with E-state index in [1.165, 1.54) is 0 Å². The number of nitrogens with zero attached hydrogens (tertiary/aromatic N) is 1. The van der Waals surface area contributed by atoms with Gasteiger partial charge >= 0.3 is 0 Å². The van der Waals surface area contributed by atoms with Crippen molar-refractivity contribution in [3.63, 3.8) is 0 Å². The molecule has 0 aliphatic carbocycles. The molecular weight excluding hydrogens is 350 g/mol. The van der Waals surface area contributed by atoms with Crippen LogP contribution in [0, 0.1) is 0 Å². The Morgan fingerprint density at radius 3 is 2.57 bits per heavy atom. The van der Waals surface area contributed by atoms with Gasteiger partial charge in [-0.25, -0.2) is 0 Å². The van der Waals surface area contributed by atoms with Crippen molar-refractivity contribution < 1.29 is 9.59 Å². The molecule has 28 heavy (non-hydrogen) atoms. The lowest BCUT2D eigenvalue weighted by Crippen LogP contribution is -2.43. The lowest BCUT2D eigenvalue weighted by atomic mass is 9.89. The number of fused-ring (bicyclic) bond motifs is 4. The van der Waals surface area contributed by atoms with Crippen molar-refractivity contribution in [2.24, 2.45) is 0 Å². The number of hydrogen-bond donors (Lipinski definition) is 2. The van der Waals surface area contributed by atoms with E-state index >= 15 is 0 Å². The summed E-state index contributed by atoms with van der Waals surface area (Å²) in [6, 6.07) is 18.0. The van der Waals surface area contributed by atoms with Gasteiger partial charge in [-0.2, -0.15) is 0 Å². The molecule has 4 rings (SSSR count). The smallest absolute Gasteiger partial charge is 0.254 e. The van der Waals surface area contributed by atoms with Gasteiger partial charge in [0, 0.05) is 43.6 Å². The van der Waals surface area contributed by atoms with Crippen molar-refractivity contribution in [1.82, 2.24) is 15.5 Å². The fourth-order valence-electron chi connectivity index (χ4n) is 4.22. The Balaban J connectivity index is 1.55. The second kappa shape index (κ2) is 8.57. The van der Waals surface area contributed by atoms with Crippen molar-refractivity contribution >= 4 is 11.8 Å². The van der Waals surface area contributed by atoms with E-state index < -0.39 is 0 Å². The molecule has 0 saturated carbocycles. The highest BCUT2D eigenvalue weighted by molar-refractivity contribution is 5.97. The Kier molecular flexibility index (Phi) is 5.72. The first-order valence-electron chi connectivity index (χ1n) is 10.2. The molecule has 2 N–H and O–H groups in total. The SMILES string of the molecule is O=C1CC(c2ccccc2)NCCCCN2CC(CN1)c1ccccc1C2=O. The average molecular weight is 377 g/mol. The maximum absolute atomic E-state index is 12.8. The highest BCUT2D eigenvalue weighted by Gasteiger charge is 2.31. The molecule has 5 nitrogen and oxygen atoms in total. The van der Waals surface area contributed by atoms with Gasteiger partial charge in [-0.15, -0.1) is 0 Å². The van der Waals surface area contributed by atoms with E-state index in [1.54, 1.807) is 0 Å². The molecule has 146 valence electrons. The van der Waals surface area contributed by atoms with Crippen LogP contribution in [0.2, 0.25) is 0 Å². The Bertz CT molecular complexity index is 837. The Morgan fingerprint density at radius 1 is 0.929 bits per heavy atom. The van der Waals surface area contributed by atoms with Crippen molar-refractivity contribution in [3.05, 3.63) is 71.3 Å². The zero-order valence-corrected chi connectivity index (χ0v) is 16.1. The fraction of sp³-hybridized carbons (Fsp3) is 0.391. The molecule has 2 heterocycles. The maximum Gasteiger partial charge on any atom is 0.254 e. The van der Waals surface area contributed by atoms with Gasteiger partial charge in [0.05, 0.1) is 0 Å². The molecule has 1 fully saturated rings. The summed E-state index contributed by atoms with van der Waals surface area (Å²) in [6.45, 7) is 2.82. The van der Waals surface area contributed by atoms with Crippen LogP contribution in [0.5, 0.6) is 0 Å². The van der Waals surface area contributed by atoms with Gasteiger partial charge in [0.15, 0.2) is 0 Å². The number of hydrogen-bond acceptors (Lipinski definition) is 3. The van der Waals surface area contributed by atoms with Gasteiger partial charge in [-0.1, -0.05) is 48.5 Å². The van der Waals surface area contributed by atoms with E-state index in [-0.39, 0.29) is 23.8 Å². The summed E-state index contributed by atoms with van der Waals surface area (Å²) in [5.74, 6) is 0.298. The number of carbonyl (C=O) groups is 2. The first-order valence-corrected chi connectivity index (χ1v) is 10.2. The minimum absolute atomic E-state index is 0.00977.